The number of unbranched alkanes of at least 4 members (excludes halogenated alkanes) is 40. The normalized spacial score (nSPS) is 12.3. The summed E-state index contributed by atoms with van der Waals surface area (Å²) < 4.78 is 17.5. The first-order valence-corrected chi connectivity index (χ1v) is 30.5. The van der Waals surface area contributed by atoms with Crippen molar-refractivity contribution in [1.82, 2.24) is 0 Å². The monoisotopic (exact) mass is 955 g/mol. The first kappa shape index (κ1) is 66.1. The Kier molecular flexibility index (Phi) is 57.8. The Morgan fingerprint density at radius 1 is 0.324 bits per heavy atom. The fraction of sp³-hybridized carbons (Fsp3) is 0.873. The molecule has 0 heterocycles. The minimum Gasteiger partial charge on any atom is -0.462 e. The van der Waals surface area contributed by atoms with Crippen molar-refractivity contribution in [2.24, 2.45) is 0 Å². The summed E-state index contributed by atoms with van der Waals surface area (Å²) in [6.07, 6.45) is 73.1. The van der Waals surface area contributed by atoms with Crippen molar-refractivity contribution in [1.29, 1.82) is 0 Å². The van der Waals surface area contributed by atoms with Crippen LogP contribution in [-0.4, -0.2) is 37.9 Å². The third-order valence-corrected chi connectivity index (χ3v) is 13.6. The van der Waals surface area contributed by atoms with Gasteiger partial charge in [-0.05, 0) is 77.0 Å². The van der Waals surface area contributed by atoms with Gasteiger partial charge in [-0.15, -0.1) is 0 Å². The van der Waals surface area contributed by atoms with Gasteiger partial charge in [0.25, 0.3) is 0 Å². The molecule has 5 nitrogen and oxygen atoms in total. The predicted molar refractivity (Wildman–Crippen MR) is 298 cm³/mol. The van der Waals surface area contributed by atoms with Crippen molar-refractivity contribution in [3.05, 3.63) is 36.5 Å². The number of allylic oxidation sites excluding steroid dienone is 6. The maximum Gasteiger partial charge on any atom is 0.306 e. The standard InChI is InChI=1S/C63H118O5/c1-4-7-10-13-16-19-22-25-28-30-31-32-33-34-36-38-41-44-47-50-53-56-62(64)67-60-61(59-66-58-55-52-49-46-43-40-37-29-26-23-20-17-14-11-8-5-2)68-63(65)57-54-51-48-45-42-39-35-27-24-21-18-15-12-9-6-3/h18,21,25,27-28,35,61H,4-17,19-20,22-24,26,29-34,36-60H2,1-3H3/b21-18-,28-25-,35-27-/t61-/m1/s1. The van der Waals surface area contributed by atoms with Crippen LogP contribution in [0.25, 0.3) is 0 Å². The van der Waals surface area contributed by atoms with Crippen LogP contribution in [0, 0.1) is 0 Å². The maximum atomic E-state index is 12.9. The Bertz CT molecular complexity index is 1080. The minimum absolute atomic E-state index is 0.0850. The molecule has 1 atom stereocenters. The van der Waals surface area contributed by atoms with E-state index in [1.54, 1.807) is 0 Å². The van der Waals surface area contributed by atoms with Crippen LogP contribution in [0.1, 0.15) is 329 Å². The third-order valence-electron chi connectivity index (χ3n) is 13.6. The van der Waals surface area contributed by atoms with Gasteiger partial charge in [0.1, 0.15) is 6.61 Å². The molecule has 0 unspecified atom stereocenters. The zero-order valence-electron chi connectivity index (χ0n) is 46.1. The number of hydrogen-bond acceptors (Lipinski definition) is 5. The molecule has 0 aromatic heterocycles. The van der Waals surface area contributed by atoms with Gasteiger partial charge < -0.3 is 14.2 Å². The molecule has 0 aliphatic heterocycles. The molecule has 0 saturated heterocycles. The highest BCUT2D eigenvalue weighted by Crippen LogP contribution is 2.17. The van der Waals surface area contributed by atoms with Gasteiger partial charge in [0, 0.05) is 19.4 Å². The maximum absolute atomic E-state index is 12.9. The lowest BCUT2D eigenvalue weighted by Crippen LogP contribution is -2.30. The highest BCUT2D eigenvalue weighted by atomic mass is 16.6. The van der Waals surface area contributed by atoms with Crippen molar-refractivity contribution >= 4 is 11.9 Å². The second-order valence-corrected chi connectivity index (χ2v) is 20.6. The van der Waals surface area contributed by atoms with Crippen LogP contribution in [0.15, 0.2) is 36.5 Å². The first-order valence-electron chi connectivity index (χ1n) is 30.5. The van der Waals surface area contributed by atoms with Gasteiger partial charge in [-0.3, -0.25) is 9.59 Å². The second kappa shape index (κ2) is 59.4. The molecule has 0 aliphatic carbocycles. The largest absolute Gasteiger partial charge is 0.462 e. The summed E-state index contributed by atoms with van der Waals surface area (Å²) in [5.74, 6) is -0.393. The average molecular weight is 956 g/mol. The van der Waals surface area contributed by atoms with Crippen molar-refractivity contribution in [2.75, 3.05) is 19.8 Å². The van der Waals surface area contributed by atoms with Gasteiger partial charge in [0.2, 0.25) is 0 Å². The SMILES string of the molecule is CCCCC/C=C\C/C=C\CCCCCCCC(=O)O[C@H](COCCCCCCCCCCCCCCCCCC)COC(=O)CCCCCCCCCCCCC/C=C\CCCCCCCC. The van der Waals surface area contributed by atoms with E-state index in [4.69, 9.17) is 14.2 Å². The van der Waals surface area contributed by atoms with Gasteiger partial charge >= 0.3 is 11.9 Å². The smallest absolute Gasteiger partial charge is 0.306 e. The van der Waals surface area contributed by atoms with E-state index in [1.807, 2.05) is 0 Å². The summed E-state index contributed by atoms with van der Waals surface area (Å²) in [4.78, 5) is 25.6. The molecule has 0 aromatic rings. The molecular weight excluding hydrogens is 837 g/mol. The minimum atomic E-state index is -0.540. The molecule has 68 heavy (non-hydrogen) atoms. The van der Waals surface area contributed by atoms with Gasteiger partial charge in [-0.1, -0.05) is 276 Å². The van der Waals surface area contributed by atoms with E-state index < -0.39 is 6.10 Å². The molecule has 0 amide bonds. The summed E-state index contributed by atoms with van der Waals surface area (Å²) in [5, 5.41) is 0. The lowest BCUT2D eigenvalue weighted by molar-refractivity contribution is -0.163. The molecule has 0 rings (SSSR count). The summed E-state index contributed by atoms with van der Waals surface area (Å²) >= 11 is 0. The molecule has 0 aliphatic rings. The summed E-state index contributed by atoms with van der Waals surface area (Å²) in [6.45, 7) is 7.85. The Hall–Kier alpha value is -1.88. The van der Waals surface area contributed by atoms with Crippen LogP contribution in [0.3, 0.4) is 0 Å². The Labute approximate surface area is 425 Å². The number of hydrogen-bond donors (Lipinski definition) is 0. The van der Waals surface area contributed by atoms with E-state index in [2.05, 4.69) is 57.2 Å². The quantitative estimate of drug-likeness (QED) is 0.0345. The Morgan fingerprint density at radius 2 is 0.618 bits per heavy atom. The number of carbonyl (C=O) groups excluding carboxylic acids is 2. The summed E-state index contributed by atoms with van der Waals surface area (Å²) in [5.41, 5.74) is 0. The number of esters is 2. The van der Waals surface area contributed by atoms with Gasteiger partial charge in [-0.2, -0.15) is 0 Å². The zero-order chi connectivity index (χ0) is 49.2. The lowest BCUT2D eigenvalue weighted by Gasteiger charge is -2.18. The second-order valence-electron chi connectivity index (χ2n) is 20.6. The summed E-state index contributed by atoms with van der Waals surface area (Å²) in [6, 6.07) is 0. The van der Waals surface area contributed by atoms with Crippen molar-refractivity contribution in [3.63, 3.8) is 0 Å². The molecule has 0 radical (unpaired) electrons. The van der Waals surface area contributed by atoms with Crippen LogP contribution in [0.2, 0.25) is 0 Å². The molecule has 400 valence electrons. The van der Waals surface area contributed by atoms with E-state index in [0.29, 0.717) is 19.4 Å². The molecule has 0 aromatic carbocycles. The van der Waals surface area contributed by atoms with Crippen LogP contribution in [0.4, 0.5) is 0 Å². The van der Waals surface area contributed by atoms with E-state index in [-0.39, 0.29) is 25.2 Å². The van der Waals surface area contributed by atoms with Crippen LogP contribution >= 0.6 is 0 Å². The predicted octanol–water partition coefficient (Wildman–Crippen LogP) is 20.9. The van der Waals surface area contributed by atoms with Crippen molar-refractivity contribution in [3.8, 4) is 0 Å². The van der Waals surface area contributed by atoms with E-state index in [0.717, 1.165) is 51.4 Å². The fourth-order valence-electron chi connectivity index (χ4n) is 9.07. The van der Waals surface area contributed by atoms with E-state index >= 15 is 0 Å². The molecule has 0 fully saturated rings. The molecular formula is C63H118O5. The average Bonchev–Trinajstić information content (AvgIpc) is 3.34. The number of ether oxygens (including phenoxy) is 3. The van der Waals surface area contributed by atoms with Crippen LogP contribution < -0.4 is 0 Å². The zero-order valence-corrected chi connectivity index (χ0v) is 46.1. The van der Waals surface area contributed by atoms with Gasteiger partial charge in [-0.25, -0.2) is 0 Å². The topological polar surface area (TPSA) is 61.8 Å². The summed E-state index contributed by atoms with van der Waals surface area (Å²) in [7, 11) is 0. The van der Waals surface area contributed by atoms with Crippen molar-refractivity contribution < 1.29 is 23.8 Å². The van der Waals surface area contributed by atoms with Crippen molar-refractivity contribution in [2.45, 2.75) is 335 Å². The Morgan fingerprint density at radius 3 is 1.01 bits per heavy atom. The fourth-order valence-corrected chi connectivity index (χ4v) is 9.07. The van der Waals surface area contributed by atoms with Gasteiger partial charge in [0.05, 0.1) is 6.61 Å². The third kappa shape index (κ3) is 56.7. The molecule has 0 spiro atoms. The number of rotatable bonds is 57. The van der Waals surface area contributed by atoms with Gasteiger partial charge in [0.15, 0.2) is 6.10 Å². The molecule has 0 N–H and O–H groups in total. The highest BCUT2D eigenvalue weighted by molar-refractivity contribution is 5.70. The van der Waals surface area contributed by atoms with Crippen LogP contribution in [0.5, 0.6) is 0 Å². The molecule has 5 heteroatoms. The van der Waals surface area contributed by atoms with E-state index in [9.17, 15) is 9.59 Å². The molecule has 0 bridgehead atoms. The van der Waals surface area contributed by atoms with Crippen LogP contribution in [-0.2, 0) is 23.8 Å². The van der Waals surface area contributed by atoms with E-state index in [1.165, 1.54) is 244 Å². The number of carbonyl (C=O) groups is 2. The molecule has 0 saturated carbocycles. The highest BCUT2D eigenvalue weighted by Gasteiger charge is 2.17. The first-order chi connectivity index (χ1) is 33.6. The lowest BCUT2D eigenvalue weighted by atomic mass is 10.0. The Balaban J connectivity index is 4.21.